The first kappa shape index (κ1) is 14.9. The zero-order valence-electron chi connectivity index (χ0n) is 11.9. The van der Waals surface area contributed by atoms with Gasteiger partial charge in [0.15, 0.2) is 0 Å². The van der Waals surface area contributed by atoms with E-state index >= 15 is 0 Å². The van der Waals surface area contributed by atoms with Crippen molar-refractivity contribution in [3.63, 3.8) is 0 Å². The molecule has 2 aromatic carbocycles. The van der Waals surface area contributed by atoms with Crippen molar-refractivity contribution in [1.82, 2.24) is 0 Å². The highest BCUT2D eigenvalue weighted by Crippen LogP contribution is 2.16. The van der Waals surface area contributed by atoms with Gasteiger partial charge in [0.05, 0.1) is 6.54 Å². The molecule has 2 rings (SSSR count). The van der Waals surface area contributed by atoms with Crippen LogP contribution in [0.4, 0.5) is 5.69 Å². The van der Waals surface area contributed by atoms with E-state index < -0.39 is 0 Å². The lowest BCUT2D eigenvalue weighted by Crippen LogP contribution is -2.27. The first-order valence-corrected chi connectivity index (χ1v) is 6.92. The number of ether oxygens (including phenoxy) is 1. The molecule has 0 radical (unpaired) electrons. The molecule has 3 heteroatoms. The summed E-state index contributed by atoms with van der Waals surface area (Å²) in [4.78, 5) is 13.3. The van der Waals surface area contributed by atoms with Crippen molar-refractivity contribution in [2.75, 3.05) is 18.1 Å². The Kier molecular flexibility index (Phi) is 5.59. The molecule has 0 bridgehead atoms. The first-order valence-electron chi connectivity index (χ1n) is 6.92. The lowest BCUT2D eigenvalue weighted by molar-refractivity contribution is -0.137. The van der Waals surface area contributed by atoms with E-state index in [1.165, 1.54) is 11.6 Å². The van der Waals surface area contributed by atoms with Gasteiger partial charge in [0.1, 0.15) is 6.61 Å². The van der Waals surface area contributed by atoms with Gasteiger partial charge in [-0.05, 0) is 17.7 Å². The predicted molar refractivity (Wildman–Crippen MR) is 85.1 cm³/mol. The summed E-state index contributed by atoms with van der Waals surface area (Å²) >= 11 is 0. The minimum atomic E-state index is -0.386. The van der Waals surface area contributed by atoms with Crippen LogP contribution in [0.25, 0.3) is 0 Å². The summed E-state index contributed by atoms with van der Waals surface area (Å²) in [7, 11) is 0. The predicted octanol–water partition coefficient (Wildman–Crippen LogP) is 3.42. The molecule has 21 heavy (non-hydrogen) atoms. The van der Waals surface area contributed by atoms with Crippen molar-refractivity contribution in [2.45, 2.75) is 6.54 Å². The Morgan fingerprint density at radius 2 is 1.67 bits per heavy atom. The van der Waals surface area contributed by atoms with Crippen molar-refractivity contribution in [2.24, 2.45) is 0 Å². The fourth-order valence-electron chi connectivity index (χ4n) is 2.06. The Bertz CT molecular complexity index is 566. The average Bonchev–Trinajstić information content (AvgIpc) is 2.55. The highest BCUT2D eigenvalue weighted by molar-refractivity contribution is 5.81. The second kappa shape index (κ2) is 7.90. The van der Waals surface area contributed by atoms with Gasteiger partial charge in [-0.1, -0.05) is 55.1 Å². The molecule has 0 aliphatic carbocycles. The molecular formula is C18H19NO2. The Hall–Kier alpha value is -2.55. The third-order valence-corrected chi connectivity index (χ3v) is 3.11. The number of para-hydroxylation sites is 1. The van der Waals surface area contributed by atoms with E-state index in [4.69, 9.17) is 4.74 Å². The first-order chi connectivity index (χ1) is 10.3. The lowest BCUT2D eigenvalue weighted by Gasteiger charge is -2.24. The van der Waals surface area contributed by atoms with Crippen LogP contribution in [0.2, 0.25) is 0 Å². The quantitative estimate of drug-likeness (QED) is 0.575. The molecule has 0 aliphatic rings. The van der Waals surface area contributed by atoms with E-state index in [1.54, 1.807) is 0 Å². The van der Waals surface area contributed by atoms with E-state index in [0.717, 1.165) is 12.2 Å². The molecule has 108 valence electrons. The fraction of sp³-hybridized carbons (Fsp3) is 0.167. The maximum Gasteiger partial charge on any atom is 0.330 e. The average molecular weight is 281 g/mol. The standard InChI is InChI=1S/C18H19NO2/c1-2-18(20)21-14-13-19(17-11-7-4-8-12-17)15-16-9-5-3-6-10-16/h2-12H,1,13-15H2. The van der Waals surface area contributed by atoms with E-state index in [9.17, 15) is 4.79 Å². The zero-order valence-corrected chi connectivity index (χ0v) is 11.9. The number of nitrogens with zero attached hydrogens (tertiary/aromatic N) is 1. The maximum absolute atomic E-state index is 11.1. The van der Waals surface area contributed by atoms with Crippen LogP contribution in [0.15, 0.2) is 73.3 Å². The van der Waals surface area contributed by atoms with Crippen LogP contribution in [-0.2, 0) is 16.1 Å². The number of esters is 1. The highest BCUT2D eigenvalue weighted by Gasteiger charge is 2.08. The molecule has 0 saturated carbocycles. The summed E-state index contributed by atoms with van der Waals surface area (Å²) in [6.45, 7) is 5.15. The van der Waals surface area contributed by atoms with Crippen LogP contribution >= 0.6 is 0 Å². The van der Waals surface area contributed by atoms with Crippen molar-refractivity contribution < 1.29 is 9.53 Å². The van der Waals surface area contributed by atoms with Crippen molar-refractivity contribution in [3.8, 4) is 0 Å². The third-order valence-electron chi connectivity index (χ3n) is 3.11. The summed E-state index contributed by atoms with van der Waals surface area (Å²) in [5.74, 6) is -0.386. The molecule has 0 fully saturated rings. The van der Waals surface area contributed by atoms with Crippen molar-refractivity contribution in [3.05, 3.63) is 78.9 Å². The van der Waals surface area contributed by atoms with Crippen LogP contribution in [0, 0.1) is 0 Å². The summed E-state index contributed by atoms with van der Waals surface area (Å²) in [6.07, 6.45) is 1.18. The minimum Gasteiger partial charge on any atom is -0.461 e. The topological polar surface area (TPSA) is 29.5 Å². The Morgan fingerprint density at radius 1 is 1.05 bits per heavy atom. The summed E-state index contributed by atoms with van der Waals surface area (Å²) < 4.78 is 5.08. The van der Waals surface area contributed by atoms with Crippen LogP contribution < -0.4 is 4.90 Å². The Morgan fingerprint density at radius 3 is 2.29 bits per heavy atom. The second-order valence-electron chi connectivity index (χ2n) is 4.61. The van der Waals surface area contributed by atoms with E-state index in [0.29, 0.717) is 13.2 Å². The largest absolute Gasteiger partial charge is 0.461 e. The maximum atomic E-state index is 11.1. The molecule has 0 amide bonds. The van der Waals surface area contributed by atoms with Crippen LogP contribution in [0.5, 0.6) is 0 Å². The molecule has 0 aromatic heterocycles. The smallest absolute Gasteiger partial charge is 0.330 e. The van der Waals surface area contributed by atoms with Gasteiger partial charge < -0.3 is 9.64 Å². The highest BCUT2D eigenvalue weighted by atomic mass is 16.5. The normalized spacial score (nSPS) is 9.90. The molecule has 0 atom stereocenters. The van der Waals surface area contributed by atoms with Gasteiger partial charge in [-0.25, -0.2) is 4.79 Å². The number of hydrogen-bond donors (Lipinski definition) is 0. The number of rotatable bonds is 7. The van der Waals surface area contributed by atoms with E-state index in [-0.39, 0.29) is 5.97 Å². The lowest BCUT2D eigenvalue weighted by atomic mass is 10.2. The molecule has 0 aliphatic heterocycles. The van der Waals surface area contributed by atoms with E-state index in [2.05, 4.69) is 35.7 Å². The van der Waals surface area contributed by atoms with Gasteiger partial charge in [0.2, 0.25) is 0 Å². The second-order valence-corrected chi connectivity index (χ2v) is 4.61. The molecule has 0 unspecified atom stereocenters. The molecule has 3 nitrogen and oxygen atoms in total. The SMILES string of the molecule is C=CC(=O)OCCN(Cc1ccccc1)c1ccccc1. The monoisotopic (exact) mass is 281 g/mol. The Labute approximate surface area is 125 Å². The summed E-state index contributed by atoms with van der Waals surface area (Å²) in [6, 6.07) is 20.3. The van der Waals surface area contributed by atoms with Gasteiger partial charge in [-0.15, -0.1) is 0 Å². The molecule has 2 aromatic rings. The van der Waals surface area contributed by atoms with Crippen molar-refractivity contribution in [1.29, 1.82) is 0 Å². The van der Waals surface area contributed by atoms with E-state index in [1.807, 2.05) is 36.4 Å². The zero-order chi connectivity index (χ0) is 14.9. The number of anilines is 1. The van der Waals surface area contributed by atoms with Gasteiger partial charge >= 0.3 is 5.97 Å². The van der Waals surface area contributed by atoms with Crippen molar-refractivity contribution >= 4 is 11.7 Å². The summed E-state index contributed by atoms with van der Waals surface area (Å²) in [5.41, 5.74) is 2.33. The van der Waals surface area contributed by atoms with Gasteiger partial charge in [-0.2, -0.15) is 0 Å². The Balaban J connectivity index is 2.04. The number of carbonyl (C=O) groups is 1. The third kappa shape index (κ3) is 4.80. The van der Waals surface area contributed by atoms with Gasteiger partial charge in [0.25, 0.3) is 0 Å². The molecule has 0 heterocycles. The van der Waals surface area contributed by atoms with Crippen LogP contribution in [-0.4, -0.2) is 19.1 Å². The summed E-state index contributed by atoms with van der Waals surface area (Å²) in [5, 5.41) is 0. The fourth-order valence-corrected chi connectivity index (χ4v) is 2.06. The molecule has 0 spiro atoms. The minimum absolute atomic E-state index is 0.340. The van der Waals surface area contributed by atoms with Gasteiger partial charge in [0, 0.05) is 18.3 Å². The van der Waals surface area contributed by atoms with Crippen LogP contribution in [0.1, 0.15) is 5.56 Å². The molecule has 0 saturated heterocycles. The molecular weight excluding hydrogens is 262 g/mol. The number of hydrogen-bond acceptors (Lipinski definition) is 3. The number of carbonyl (C=O) groups excluding carboxylic acids is 1. The van der Waals surface area contributed by atoms with Gasteiger partial charge in [-0.3, -0.25) is 0 Å². The molecule has 0 N–H and O–H groups in total. The van der Waals surface area contributed by atoms with Crippen LogP contribution in [0.3, 0.4) is 0 Å². The number of benzene rings is 2.